The van der Waals surface area contributed by atoms with Crippen LogP contribution in [0.5, 0.6) is 0 Å². The highest BCUT2D eigenvalue weighted by molar-refractivity contribution is 9.10. The first-order valence-electron chi connectivity index (χ1n) is 7.28. The summed E-state index contributed by atoms with van der Waals surface area (Å²) in [5.74, 6) is 0.273. The standard InChI is InChI=1S/C17H14BrClF3NOS/c1-2-25-15-6-4-12(19)7-11(15)9-23-16(24)10-3-5-14(18)13(8-10)17(20,21)22/h3-8H,2,9H2,1H3,(H,23,24). The number of halogens is 5. The molecule has 0 saturated carbocycles. The Labute approximate surface area is 161 Å². The summed E-state index contributed by atoms with van der Waals surface area (Å²) in [5, 5.41) is 3.18. The van der Waals surface area contributed by atoms with Gasteiger partial charge in [0.2, 0.25) is 0 Å². The van der Waals surface area contributed by atoms with Crippen molar-refractivity contribution in [1.29, 1.82) is 0 Å². The number of nitrogens with one attached hydrogen (secondary N) is 1. The van der Waals surface area contributed by atoms with Crippen molar-refractivity contribution in [2.24, 2.45) is 0 Å². The third-order valence-electron chi connectivity index (χ3n) is 3.30. The Kier molecular flexibility index (Phi) is 6.82. The van der Waals surface area contributed by atoms with E-state index in [1.54, 1.807) is 23.9 Å². The molecule has 134 valence electrons. The Morgan fingerprint density at radius 1 is 1.24 bits per heavy atom. The van der Waals surface area contributed by atoms with Crippen LogP contribution in [0.25, 0.3) is 0 Å². The number of thioether (sulfide) groups is 1. The van der Waals surface area contributed by atoms with Crippen LogP contribution in [0.3, 0.4) is 0 Å². The third kappa shape index (κ3) is 5.39. The van der Waals surface area contributed by atoms with Gasteiger partial charge < -0.3 is 5.32 Å². The van der Waals surface area contributed by atoms with Gasteiger partial charge in [-0.2, -0.15) is 13.2 Å². The van der Waals surface area contributed by atoms with Crippen LogP contribution in [0.15, 0.2) is 45.8 Å². The van der Waals surface area contributed by atoms with Crippen LogP contribution in [0.4, 0.5) is 13.2 Å². The molecule has 0 heterocycles. The molecular weight excluding hydrogens is 439 g/mol. The van der Waals surface area contributed by atoms with Crippen molar-refractivity contribution in [3.05, 3.63) is 62.6 Å². The van der Waals surface area contributed by atoms with Crippen LogP contribution in [0, 0.1) is 0 Å². The number of hydrogen-bond acceptors (Lipinski definition) is 2. The highest BCUT2D eigenvalue weighted by atomic mass is 79.9. The van der Waals surface area contributed by atoms with E-state index in [0.29, 0.717) is 5.02 Å². The monoisotopic (exact) mass is 451 g/mol. The molecule has 1 N–H and O–H groups in total. The SMILES string of the molecule is CCSc1ccc(Cl)cc1CNC(=O)c1ccc(Br)c(C(F)(F)F)c1. The van der Waals surface area contributed by atoms with Crippen LogP contribution in [0.1, 0.15) is 28.4 Å². The highest BCUT2D eigenvalue weighted by Gasteiger charge is 2.33. The molecular formula is C17H14BrClF3NOS. The van der Waals surface area contributed by atoms with Crippen LogP contribution in [-0.2, 0) is 12.7 Å². The Balaban J connectivity index is 2.17. The maximum absolute atomic E-state index is 12.9. The minimum Gasteiger partial charge on any atom is -0.348 e. The summed E-state index contributed by atoms with van der Waals surface area (Å²) < 4.78 is 38.7. The van der Waals surface area contributed by atoms with Crippen molar-refractivity contribution in [2.75, 3.05) is 5.75 Å². The average molecular weight is 453 g/mol. The topological polar surface area (TPSA) is 29.1 Å². The lowest BCUT2D eigenvalue weighted by atomic mass is 10.1. The molecule has 0 aromatic heterocycles. The predicted molar refractivity (Wildman–Crippen MR) is 98.2 cm³/mol. The molecule has 0 spiro atoms. The van der Waals surface area contributed by atoms with Crippen LogP contribution in [-0.4, -0.2) is 11.7 Å². The van der Waals surface area contributed by atoms with E-state index in [1.807, 2.05) is 13.0 Å². The molecule has 0 radical (unpaired) electrons. The van der Waals surface area contributed by atoms with Gasteiger partial charge in [0.05, 0.1) is 5.56 Å². The normalized spacial score (nSPS) is 11.4. The zero-order chi connectivity index (χ0) is 18.6. The van der Waals surface area contributed by atoms with Gasteiger partial charge in [0.15, 0.2) is 0 Å². The van der Waals surface area contributed by atoms with Crippen molar-refractivity contribution in [2.45, 2.75) is 24.5 Å². The maximum atomic E-state index is 12.9. The number of alkyl halides is 3. The lowest BCUT2D eigenvalue weighted by molar-refractivity contribution is -0.138. The van der Waals surface area contributed by atoms with E-state index in [-0.39, 0.29) is 16.6 Å². The minimum atomic E-state index is -4.53. The van der Waals surface area contributed by atoms with E-state index >= 15 is 0 Å². The van der Waals surface area contributed by atoms with E-state index in [4.69, 9.17) is 11.6 Å². The largest absolute Gasteiger partial charge is 0.417 e. The fourth-order valence-electron chi connectivity index (χ4n) is 2.14. The van der Waals surface area contributed by atoms with Gasteiger partial charge in [0.1, 0.15) is 0 Å². The minimum absolute atomic E-state index is 0.0535. The molecule has 0 atom stereocenters. The van der Waals surface area contributed by atoms with E-state index in [1.165, 1.54) is 12.1 Å². The zero-order valence-corrected chi connectivity index (χ0v) is 16.2. The van der Waals surface area contributed by atoms with Gasteiger partial charge in [0, 0.05) is 26.5 Å². The van der Waals surface area contributed by atoms with Gasteiger partial charge in [-0.1, -0.05) is 34.5 Å². The lowest BCUT2D eigenvalue weighted by Gasteiger charge is -2.13. The third-order valence-corrected chi connectivity index (χ3v) is 5.22. The Morgan fingerprint density at radius 3 is 2.60 bits per heavy atom. The van der Waals surface area contributed by atoms with Gasteiger partial charge in [-0.05, 0) is 47.7 Å². The summed E-state index contributed by atoms with van der Waals surface area (Å²) >= 11 is 10.4. The van der Waals surface area contributed by atoms with Gasteiger partial charge in [-0.3, -0.25) is 4.79 Å². The van der Waals surface area contributed by atoms with Crippen LogP contribution < -0.4 is 5.32 Å². The number of amides is 1. The van der Waals surface area contributed by atoms with Gasteiger partial charge in [-0.25, -0.2) is 0 Å². The van der Waals surface area contributed by atoms with Crippen molar-refractivity contribution in [3.63, 3.8) is 0 Å². The first kappa shape index (κ1) is 20.1. The molecule has 0 fully saturated rings. The maximum Gasteiger partial charge on any atom is 0.417 e. The van der Waals surface area contributed by atoms with Crippen molar-refractivity contribution in [1.82, 2.24) is 5.32 Å². The van der Waals surface area contributed by atoms with E-state index in [2.05, 4.69) is 21.2 Å². The number of hydrogen-bond donors (Lipinski definition) is 1. The van der Waals surface area contributed by atoms with Crippen LogP contribution >= 0.6 is 39.3 Å². The summed E-state index contributed by atoms with van der Waals surface area (Å²) in [6, 6.07) is 8.75. The van der Waals surface area contributed by atoms with Crippen molar-refractivity contribution in [3.8, 4) is 0 Å². The summed E-state index contributed by atoms with van der Waals surface area (Å²) in [6.07, 6.45) is -4.53. The Hall–Kier alpha value is -1.18. The molecule has 0 aliphatic rings. The molecule has 8 heteroatoms. The van der Waals surface area contributed by atoms with Gasteiger partial charge >= 0.3 is 6.18 Å². The molecule has 2 aromatic rings. The number of carbonyl (C=O) groups excluding carboxylic acids is 1. The molecule has 0 aliphatic carbocycles. The molecule has 0 bridgehead atoms. The first-order valence-corrected chi connectivity index (χ1v) is 9.44. The molecule has 1 amide bonds. The molecule has 2 rings (SSSR count). The lowest BCUT2D eigenvalue weighted by Crippen LogP contribution is -2.23. The number of rotatable bonds is 5. The Morgan fingerprint density at radius 2 is 1.96 bits per heavy atom. The number of carbonyl (C=O) groups is 1. The molecule has 0 unspecified atom stereocenters. The fourth-order valence-corrected chi connectivity index (χ4v) is 3.60. The summed E-state index contributed by atoms with van der Waals surface area (Å²) in [4.78, 5) is 13.2. The zero-order valence-electron chi connectivity index (χ0n) is 13.1. The summed E-state index contributed by atoms with van der Waals surface area (Å²) in [6.45, 7) is 2.18. The second-order valence-electron chi connectivity index (χ2n) is 5.06. The first-order chi connectivity index (χ1) is 11.7. The van der Waals surface area contributed by atoms with Crippen molar-refractivity contribution < 1.29 is 18.0 Å². The molecule has 2 aromatic carbocycles. The molecule has 0 saturated heterocycles. The van der Waals surface area contributed by atoms with Gasteiger partial charge in [0.25, 0.3) is 5.91 Å². The average Bonchev–Trinajstić information content (AvgIpc) is 2.54. The second kappa shape index (κ2) is 8.47. The smallest absolute Gasteiger partial charge is 0.348 e. The highest BCUT2D eigenvalue weighted by Crippen LogP contribution is 2.35. The molecule has 0 aliphatic heterocycles. The van der Waals surface area contributed by atoms with E-state index < -0.39 is 17.6 Å². The molecule has 2 nitrogen and oxygen atoms in total. The Bertz CT molecular complexity index is 783. The second-order valence-corrected chi connectivity index (χ2v) is 7.66. The fraction of sp³-hybridized carbons (Fsp3) is 0.235. The molecule has 25 heavy (non-hydrogen) atoms. The summed E-state index contributed by atoms with van der Waals surface area (Å²) in [5.41, 5.74) is -0.117. The van der Waals surface area contributed by atoms with E-state index in [9.17, 15) is 18.0 Å². The van der Waals surface area contributed by atoms with Gasteiger partial charge in [-0.15, -0.1) is 11.8 Å². The predicted octanol–water partition coefficient (Wildman–Crippen LogP) is 6.16. The number of benzene rings is 2. The van der Waals surface area contributed by atoms with Crippen molar-refractivity contribution >= 4 is 45.2 Å². The quantitative estimate of drug-likeness (QED) is 0.550. The van der Waals surface area contributed by atoms with Crippen LogP contribution in [0.2, 0.25) is 5.02 Å². The summed E-state index contributed by atoms with van der Waals surface area (Å²) in [7, 11) is 0. The van der Waals surface area contributed by atoms with E-state index in [0.717, 1.165) is 22.3 Å².